The molecule has 0 amide bonds. The summed E-state index contributed by atoms with van der Waals surface area (Å²) in [6.45, 7) is 10.7. The predicted octanol–water partition coefficient (Wildman–Crippen LogP) is 6.06. The number of carboxylic acid groups (broad SMARTS) is 1. The number of aliphatic carboxylic acids is 1. The number of halogens is 1. The minimum Gasteiger partial charge on any atom is -0.490 e. The molecule has 2 aliphatic rings. The van der Waals surface area contributed by atoms with E-state index in [1.165, 1.54) is 11.8 Å². The van der Waals surface area contributed by atoms with Crippen molar-refractivity contribution in [2.24, 2.45) is 0 Å². The van der Waals surface area contributed by atoms with Gasteiger partial charge >= 0.3 is 5.97 Å². The van der Waals surface area contributed by atoms with E-state index in [-0.39, 0.29) is 0 Å². The molecule has 0 saturated carbocycles. The Bertz CT molecular complexity index is 1340. The molecule has 6 nitrogen and oxygen atoms in total. The highest BCUT2D eigenvalue weighted by Crippen LogP contribution is 2.45. The molecule has 1 atom stereocenters. The van der Waals surface area contributed by atoms with E-state index in [0.29, 0.717) is 34.7 Å². The summed E-state index contributed by atoms with van der Waals surface area (Å²) in [5.41, 5.74) is 5.53. The van der Waals surface area contributed by atoms with Crippen LogP contribution in [0.3, 0.4) is 0 Å². The number of nitrogens with zero attached hydrogens (tertiary/aromatic N) is 2. The van der Waals surface area contributed by atoms with Gasteiger partial charge in [-0.25, -0.2) is 14.2 Å². The van der Waals surface area contributed by atoms with Crippen LogP contribution in [0.5, 0.6) is 5.75 Å². The second kappa shape index (κ2) is 8.63. The molecule has 0 fully saturated rings. The van der Waals surface area contributed by atoms with Gasteiger partial charge < -0.3 is 19.1 Å². The van der Waals surface area contributed by atoms with Crippen molar-refractivity contribution < 1.29 is 23.8 Å². The molecule has 35 heavy (non-hydrogen) atoms. The van der Waals surface area contributed by atoms with E-state index in [1.807, 2.05) is 34.6 Å². The summed E-state index contributed by atoms with van der Waals surface area (Å²) in [7, 11) is 0. The number of benzene rings is 1. The zero-order valence-corrected chi connectivity index (χ0v) is 21.1. The molecule has 5 rings (SSSR count). The molecule has 4 heterocycles. The lowest BCUT2D eigenvalue weighted by Gasteiger charge is -2.29. The minimum atomic E-state index is -1.24. The molecule has 3 aromatic rings. The minimum absolute atomic E-state index is 0.318. The van der Waals surface area contributed by atoms with Crippen molar-refractivity contribution in [3.05, 3.63) is 46.0 Å². The lowest BCUT2D eigenvalue weighted by Crippen LogP contribution is -2.28. The summed E-state index contributed by atoms with van der Waals surface area (Å²) in [6, 6.07) is 3.62. The SMILES string of the molecule is Cc1nc2c(cc3n2CCCC3)c(-c2cc(F)c3c(c2C)CCCO3)c1C(OC(C)(C)C)C(=O)O. The Hall–Kier alpha value is -2.93. The van der Waals surface area contributed by atoms with E-state index >= 15 is 4.39 Å². The third-order valence-corrected chi connectivity index (χ3v) is 7.08. The van der Waals surface area contributed by atoms with E-state index in [4.69, 9.17) is 14.5 Å². The molecule has 0 spiro atoms. The molecule has 1 N–H and O–H groups in total. The zero-order valence-electron chi connectivity index (χ0n) is 21.1. The molecule has 2 aliphatic heterocycles. The molecule has 7 heteroatoms. The van der Waals surface area contributed by atoms with Crippen LogP contribution in [0.4, 0.5) is 4.39 Å². The number of pyridine rings is 1. The largest absolute Gasteiger partial charge is 0.490 e. The van der Waals surface area contributed by atoms with Gasteiger partial charge in [-0.3, -0.25) is 0 Å². The number of aromatic nitrogens is 2. The van der Waals surface area contributed by atoms with Gasteiger partial charge in [-0.2, -0.15) is 0 Å². The van der Waals surface area contributed by atoms with E-state index in [0.717, 1.165) is 60.8 Å². The monoisotopic (exact) mass is 480 g/mol. The smallest absolute Gasteiger partial charge is 0.337 e. The first-order valence-corrected chi connectivity index (χ1v) is 12.4. The van der Waals surface area contributed by atoms with Crippen LogP contribution in [0.25, 0.3) is 22.2 Å². The third kappa shape index (κ3) is 4.10. The number of fused-ring (bicyclic) bond motifs is 4. The van der Waals surface area contributed by atoms with Crippen molar-refractivity contribution in [3.8, 4) is 16.9 Å². The first-order valence-electron chi connectivity index (χ1n) is 12.4. The Morgan fingerprint density at radius 3 is 2.69 bits per heavy atom. The Morgan fingerprint density at radius 2 is 1.97 bits per heavy atom. The van der Waals surface area contributed by atoms with E-state index < -0.39 is 23.5 Å². The highest BCUT2D eigenvalue weighted by Gasteiger charge is 2.34. The van der Waals surface area contributed by atoms with Gasteiger partial charge in [-0.05, 0) is 90.0 Å². The van der Waals surface area contributed by atoms with Crippen LogP contribution in [0.2, 0.25) is 0 Å². The summed E-state index contributed by atoms with van der Waals surface area (Å²) in [4.78, 5) is 17.5. The van der Waals surface area contributed by atoms with Gasteiger partial charge in [-0.1, -0.05) is 0 Å². The van der Waals surface area contributed by atoms with Crippen molar-refractivity contribution in [2.45, 2.75) is 85.0 Å². The van der Waals surface area contributed by atoms with Crippen LogP contribution >= 0.6 is 0 Å². The van der Waals surface area contributed by atoms with E-state index in [9.17, 15) is 9.90 Å². The average Bonchev–Trinajstić information content (AvgIpc) is 3.17. The Balaban J connectivity index is 1.88. The van der Waals surface area contributed by atoms with Crippen molar-refractivity contribution >= 4 is 17.0 Å². The summed E-state index contributed by atoms with van der Waals surface area (Å²) >= 11 is 0. The van der Waals surface area contributed by atoms with Gasteiger partial charge in [0, 0.05) is 40.0 Å². The quantitative estimate of drug-likeness (QED) is 0.491. The normalized spacial score (nSPS) is 16.5. The summed E-state index contributed by atoms with van der Waals surface area (Å²) in [6.07, 6.45) is 3.42. The van der Waals surface area contributed by atoms with Gasteiger partial charge in [0.05, 0.1) is 12.2 Å². The molecule has 1 unspecified atom stereocenters. The maximum Gasteiger partial charge on any atom is 0.337 e. The number of rotatable bonds is 4. The average molecular weight is 481 g/mol. The number of aryl methyl sites for hydroxylation is 3. The van der Waals surface area contributed by atoms with Crippen molar-refractivity contribution in [3.63, 3.8) is 0 Å². The summed E-state index contributed by atoms with van der Waals surface area (Å²) < 4.78 is 29.4. The maximum absolute atomic E-state index is 15.4. The van der Waals surface area contributed by atoms with Crippen LogP contribution in [0, 0.1) is 19.7 Å². The van der Waals surface area contributed by atoms with Crippen LogP contribution in [-0.4, -0.2) is 32.8 Å². The van der Waals surface area contributed by atoms with E-state index in [2.05, 4.69) is 10.6 Å². The fourth-order valence-electron chi connectivity index (χ4n) is 5.59. The molecule has 0 aliphatic carbocycles. The summed E-state index contributed by atoms with van der Waals surface area (Å²) in [5, 5.41) is 11.1. The second-order valence-electron chi connectivity index (χ2n) is 10.7. The van der Waals surface area contributed by atoms with Gasteiger partial charge in [0.2, 0.25) is 0 Å². The zero-order chi connectivity index (χ0) is 25.1. The van der Waals surface area contributed by atoms with E-state index in [1.54, 1.807) is 0 Å². The molecule has 0 radical (unpaired) electrons. The molecule has 2 aromatic heterocycles. The Kier molecular flexibility index (Phi) is 5.86. The molecule has 0 bridgehead atoms. The molecule has 0 saturated heterocycles. The number of hydrogen-bond donors (Lipinski definition) is 1. The van der Waals surface area contributed by atoms with Gasteiger partial charge in [0.1, 0.15) is 5.65 Å². The summed E-state index contributed by atoms with van der Waals surface area (Å²) in [5.74, 6) is -1.19. The highest BCUT2D eigenvalue weighted by molar-refractivity contribution is 5.99. The fourth-order valence-corrected chi connectivity index (χ4v) is 5.59. The van der Waals surface area contributed by atoms with Gasteiger partial charge in [0.15, 0.2) is 17.7 Å². The van der Waals surface area contributed by atoms with Crippen LogP contribution in [0.15, 0.2) is 12.1 Å². The Labute approximate surface area is 205 Å². The molecular weight excluding hydrogens is 447 g/mol. The predicted molar refractivity (Wildman–Crippen MR) is 133 cm³/mol. The van der Waals surface area contributed by atoms with Crippen LogP contribution < -0.4 is 4.74 Å². The topological polar surface area (TPSA) is 73.6 Å². The van der Waals surface area contributed by atoms with Gasteiger partial charge in [-0.15, -0.1) is 0 Å². The first-order chi connectivity index (χ1) is 16.6. The lowest BCUT2D eigenvalue weighted by atomic mass is 9.86. The van der Waals surface area contributed by atoms with Crippen molar-refractivity contribution in [1.29, 1.82) is 0 Å². The number of carbonyl (C=O) groups is 1. The van der Waals surface area contributed by atoms with Crippen LogP contribution in [-0.2, 0) is 28.9 Å². The van der Waals surface area contributed by atoms with Crippen LogP contribution in [0.1, 0.15) is 74.2 Å². The Morgan fingerprint density at radius 1 is 1.20 bits per heavy atom. The fraction of sp³-hybridized carbons (Fsp3) is 0.500. The van der Waals surface area contributed by atoms with Crippen molar-refractivity contribution in [2.75, 3.05) is 6.61 Å². The maximum atomic E-state index is 15.4. The first kappa shape index (κ1) is 23.8. The third-order valence-electron chi connectivity index (χ3n) is 7.08. The lowest BCUT2D eigenvalue weighted by molar-refractivity contribution is -0.160. The molecule has 1 aromatic carbocycles. The molecular formula is C28H33FN2O4. The second-order valence-corrected chi connectivity index (χ2v) is 10.7. The number of carboxylic acids is 1. The standard InChI is InChI=1S/C28H33FN2O4/c1-15-18-10-8-12-34-24(18)21(29)14-19(15)23-20-13-17-9-6-7-11-31(17)26(20)30-16(2)22(23)25(27(32)33)35-28(3,4)5/h13-14,25H,6-12H2,1-5H3,(H,32,33). The van der Waals surface area contributed by atoms with Gasteiger partial charge in [0.25, 0.3) is 0 Å². The van der Waals surface area contributed by atoms with Crippen molar-refractivity contribution in [1.82, 2.24) is 9.55 Å². The highest BCUT2D eigenvalue weighted by atomic mass is 19.1. The molecule has 186 valence electrons. The number of hydrogen-bond acceptors (Lipinski definition) is 4. The number of ether oxygens (including phenoxy) is 2.